The van der Waals surface area contributed by atoms with Crippen molar-refractivity contribution in [2.45, 2.75) is 96.2 Å². The summed E-state index contributed by atoms with van der Waals surface area (Å²) in [5.41, 5.74) is 7.54. The highest BCUT2D eigenvalue weighted by Gasteiger charge is 2.30. The van der Waals surface area contributed by atoms with Gasteiger partial charge in [0.1, 0.15) is 12.4 Å². The molecule has 5 aromatic rings. The van der Waals surface area contributed by atoms with Gasteiger partial charge in [-0.05, 0) is 98.6 Å². The molecule has 0 bridgehead atoms. The second kappa shape index (κ2) is 16.1. The van der Waals surface area contributed by atoms with Gasteiger partial charge in [0.15, 0.2) is 0 Å². The van der Waals surface area contributed by atoms with Crippen molar-refractivity contribution in [2.75, 3.05) is 25.0 Å². The van der Waals surface area contributed by atoms with Crippen LogP contribution in [0.1, 0.15) is 97.6 Å². The largest absolute Gasteiger partial charge is 0.391 e. The normalized spacial score (nSPS) is 19.4. The zero-order chi connectivity index (χ0) is 38.7. The minimum Gasteiger partial charge on any atom is -0.391 e. The Morgan fingerprint density at radius 2 is 1.89 bits per heavy atom. The molecule has 3 aromatic heterocycles. The number of imide groups is 1. The van der Waals surface area contributed by atoms with E-state index in [2.05, 4.69) is 59.4 Å². The Kier molecular flexibility index (Phi) is 11.1. The van der Waals surface area contributed by atoms with E-state index in [1.165, 1.54) is 5.56 Å². The first-order valence-corrected chi connectivity index (χ1v) is 19.1. The predicted molar refractivity (Wildman–Crippen MR) is 206 cm³/mol. The van der Waals surface area contributed by atoms with Gasteiger partial charge in [0, 0.05) is 48.3 Å². The lowest BCUT2D eigenvalue weighted by molar-refractivity contribution is -0.133. The number of aliphatic hydroxyl groups is 1. The number of aryl methyl sites for hydroxylation is 2. The average molecular weight is 748 g/mol. The number of β-amino-alcohol motifs (C(OH)–C–C–N with tert-alkyl or cyclic N) is 1. The van der Waals surface area contributed by atoms with Gasteiger partial charge >= 0.3 is 0 Å². The van der Waals surface area contributed by atoms with Crippen LogP contribution < -0.4 is 16.0 Å². The highest BCUT2D eigenvalue weighted by Crippen LogP contribution is 2.31. The van der Waals surface area contributed by atoms with Crippen LogP contribution in [-0.2, 0) is 28.0 Å². The molecule has 0 radical (unpaired) electrons. The van der Waals surface area contributed by atoms with Crippen molar-refractivity contribution < 1.29 is 24.0 Å². The van der Waals surface area contributed by atoms with Gasteiger partial charge in [0.2, 0.25) is 17.7 Å². The molecule has 3 atom stereocenters. The molecule has 288 valence electrons. The molecule has 2 fully saturated rings. The van der Waals surface area contributed by atoms with Crippen LogP contribution in [0, 0.1) is 6.92 Å². The fraction of sp³-hybridized carbons (Fsp3) is 0.439. The Bertz CT molecular complexity index is 2170. The molecule has 55 heavy (non-hydrogen) atoms. The quantitative estimate of drug-likeness (QED) is 0.103. The number of piperidine rings is 2. The lowest BCUT2D eigenvalue weighted by Crippen LogP contribution is -2.47. The van der Waals surface area contributed by atoms with E-state index in [-0.39, 0.29) is 34.9 Å². The van der Waals surface area contributed by atoms with E-state index in [9.17, 15) is 19.5 Å². The zero-order valence-corrected chi connectivity index (χ0v) is 31.8. The number of carbonyl (C=O) groups excluding carboxylic acids is 3. The third-order valence-corrected chi connectivity index (χ3v) is 10.6. The van der Waals surface area contributed by atoms with E-state index >= 15 is 0 Å². The average Bonchev–Trinajstić information content (AvgIpc) is 3.83. The predicted octanol–water partition coefficient (Wildman–Crippen LogP) is 4.71. The fourth-order valence-corrected chi connectivity index (χ4v) is 7.37. The van der Waals surface area contributed by atoms with E-state index in [0.717, 1.165) is 77.9 Å². The highest BCUT2D eigenvalue weighted by atomic mass is 16.5. The number of unbranched alkanes of at least 4 members (excludes halogenated alkanes) is 1. The number of anilines is 1. The molecular weight excluding hydrogens is 699 g/mol. The number of benzene rings is 2. The first-order valence-electron chi connectivity index (χ1n) is 19.1. The number of rotatable bonds is 12. The molecule has 14 nitrogen and oxygen atoms in total. The molecule has 0 aliphatic carbocycles. The number of aromatic nitrogens is 5. The second-order valence-corrected chi connectivity index (χ2v) is 15.8. The van der Waals surface area contributed by atoms with Gasteiger partial charge in [-0.25, -0.2) is 9.50 Å². The second-order valence-electron chi connectivity index (χ2n) is 15.8. The van der Waals surface area contributed by atoms with Gasteiger partial charge in [-0.1, -0.05) is 50.2 Å². The smallest absolute Gasteiger partial charge is 0.292 e. The van der Waals surface area contributed by atoms with Gasteiger partial charge in [-0.3, -0.25) is 19.7 Å². The van der Waals surface area contributed by atoms with Crippen molar-refractivity contribution in [3.8, 4) is 11.3 Å². The summed E-state index contributed by atoms with van der Waals surface area (Å²) in [6.45, 7) is 10.7. The molecule has 3 amide bonds. The molecular formula is C41H49N9O5. The maximum atomic E-state index is 12.7. The Labute approximate surface area is 320 Å². The first kappa shape index (κ1) is 37.8. The van der Waals surface area contributed by atoms with Crippen molar-refractivity contribution in [2.24, 2.45) is 0 Å². The van der Waals surface area contributed by atoms with E-state index in [0.29, 0.717) is 31.8 Å². The highest BCUT2D eigenvalue weighted by molar-refractivity contribution is 6.01. The first-order chi connectivity index (χ1) is 26.4. The summed E-state index contributed by atoms with van der Waals surface area (Å²) < 4.78 is 7.15. The Balaban J connectivity index is 0.878. The van der Waals surface area contributed by atoms with Crippen molar-refractivity contribution in [1.82, 2.24) is 40.3 Å². The van der Waals surface area contributed by atoms with Gasteiger partial charge in [0.25, 0.3) is 11.7 Å². The van der Waals surface area contributed by atoms with Crippen molar-refractivity contribution in [1.29, 1.82) is 0 Å². The lowest BCUT2D eigenvalue weighted by atomic mass is 9.87. The van der Waals surface area contributed by atoms with E-state index in [1.54, 1.807) is 6.33 Å². The Morgan fingerprint density at radius 3 is 2.62 bits per heavy atom. The summed E-state index contributed by atoms with van der Waals surface area (Å²) in [6.07, 6.45) is 7.83. The summed E-state index contributed by atoms with van der Waals surface area (Å²) in [5, 5.41) is 27.9. The molecule has 0 saturated carbocycles. The molecule has 1 unspecified atom stereocenters. The number of nitrogens with one attached hydrogen (secondary N) is 3. The monoisotopic (exact) mass is 747 g/mol. The number of fused-ring (bicyclic) bond motifs is 1. The number of nitrogens with zero attached hydrogens (tertiary/aromatic N) is 6. The Morgan fingerprint density at radius 1 is 1.07 bits per heavy atom. The summed E-state index contributed by atoms with van der Waals surface area (Å²) in [4.78, 5) is 47.5. The van der Waals surface area contributed by atoms with Crippen LogP contribution in [0.4, 0.5) is 5.69 Å². The molecule has 7 rings (SSSR count). The maximum Gasteiger partial charge on any atom is 0.292 e. The van der Waals surface area contributed by atoms with E-state index in [4.69, 9.17) is 4.52 Å². The number of hydrogen-bond acceptors (Lipinski definition) is 11. The zero-order valence-electron chi connectivity index (χ0n) is 31.8. The summed E-state index contributed by atoms with van der Waals surface area (Å²) in [5.74, 6) is -0.397. The SMILES string of the molecule is Cc1cc(-c2ncnn3cc(CCCCN4CC[C@@H](c5ccc(NC6CCC(=O)NC6=O)cc5)[C@@H](O)C4)cc23)ccc1CNC(=O)c1noc(C(C)(C)C)n1. The van der Waals surface area contributed by atoms with Gasteiger partial charge in [0.05, 0.1) is 17.3 Å². The molecule has 2 aliphatic rings. The number of likely N-dealkylation sites (tertiary alicyclic amines) is 1. The summed E-state index contributed by atoms with van der Waals surface area (Å²) >= 11 is 0. The third kappa shape index (κ3) is 8.92. The van der Waals surface area contributed by atoms with Crippen LogP contribution in [0.5, 0.6) is 0 Å². The molecule has 4 N–H and O–H groups in total. The number of carbonyl (C=O) groups is 3. The number of amides is 3. The number of hydrogen-bond donors (Lipinski definition) is 4. The minimum atomic E-state index is -0.452. The molecule has 2 aromatic carbocycles. The van der Waals surface area contributed by atoms with Crippen molar-refractivity contribution in [3.05, 3.63) is 95.0 Å². The van der Waals surface area contributed by atoms with E-state index < -0.39 is 12.1 Å². The van der Waals surface area contributed by atoms with E-state index in [1.807, 2.05) is 68.6 Å². The van der Waals surface area contributed by atoms with Gasteiger partial charge < -0.3 is 25.2 Å². The van der Waals surface area contributed by atoms with Crippen LogP contribution in [0.3, 0.4) is 0 Å². The summed E-state index contributed by atoms with van der Waals surface area (Å²) in [7, 11) is 0. The third-order valence-electron chi connectivity index (χ3n) is 10.6. The Hall–Kier alpha value is -5.47. The maximum absolute atomic E-state index is 12.7. The molecule has 5 heterocycles. The van der Waals surface area contributed by atoms with Crippen LogP contribution in [0.15, 0.2) is 65.6 Å². The molecule has 2 aliphatic heterocycles. The lowest BCUT2D eigenvalue weighted by Gasteiger charge is -2.36. The van der Waals surface area contributed by atoms with Crippen LogP contribution in [0.25, 0.3) is 16.8 Å². The minimum absolute atomic E-state index is 0.0224. The van der Waals surface area contributed by atoms with Crippen LogP contribution in [-0.4, -0.2) is 84.2 Å². The summed E-state index contributed by atoms with van der Waals surface area (Å²) in [6, 6.07) is 15.8. The standard InChI is InChI=1S/C41H49N9O5/c1-25-19-28(8-9-29(25)21-42-39(54)37-47-40(55-48-37)41(2,3)4)36-33-20-26(22-50(33)44-24-43-36)7-5-6-17-49-18-16-31(34(51)23-49)27-10-12-30(13-11-27)45-32-14-15-35(52)46-38(32)53/h8-13,19-20,22,24,31-32,34,45,51H,5-7,14-18,21,23H2,1-4H3,(H,42,54)(H,46,52,53)/t31-,32?,34-/m0/s1. The van der Waals surface area contributed by atoms with Crippen molar-refractivity contribution >= 4 is 28.9 Å². The van der Waals surface area contributed by atoms with Crippen molar-refractivity contribution in [3.63, 3.8) is 0 Å². The number of aliphatic hydroxyl groups excluding tert-OH is 1. The van der Waals surface area contributed by atoms with Gasteiger partial charge in [-0.15, -0.1) is 0 Å². The molecule has 0 spiro atoms. The molecule has 14 heteroatoms. The van der Waals surface area contributed by atoms with Gasteiger partial charge in [-0.2, -0.15) is 10.1 Å². The molecule has 2 saturated heterocycles. The van der Waals surface area contributed by atoms with Crippen LogP contribution in [0.2, 0.25) is 0 Å². The topological polar surface area (TPSA) is 180 Å². The fourth-order valence-electron chi connectivity index (χ4n) is 7.37. The van der Waals surface area contributed by atoms with Crippen LogP contribution >= 0.6 is 0 Å².